The molecule has 0 aliphatic rings. The third-order valence-corrected chi connectivity index (χ3v) is 2.16. The van der Waals surface area contributed by atoms with Crippen molar-refractivity contribution in [3.05, 3.63) is 34.9 Å². The summed E-state index contributed by atoms with van der Waals surface area (Å²) in [5, 5.41) is 0. The van der Waals surface area contributed by atoms with Gasteiger partial charge in [-0.3, -0.25) is 0 Å². The van der Waals surface area contributed by atoms with Crippen molar-refractivity contribution in [2.75, 3.05) is 0 Å². The molecular weight excluding hydrogens is 146 g/mol. The average Bonchev–Trinajstić information content (AvgIpc) is 2.16. The minimum atomic E-state index is 0.632. The van der Waals surface area contributed by atoms with Crippen LogP contribution < -0.4 is 5.73 Å². The third kappa shape index (κ3) is 1.86. The van der Waals surface area contributed by atoms with E-state index in [1.165, 1.54) is 16.7 Å². The van der Waals surface area contributed by atoms with Crippen molar-refractivity contribution in [1.82, 2.24) is 0 Å². The van der Waals surface area contributed by atoms with Crippen molar-refractivity contribution in [3.63, 3.8) is 0 Å². The molecule has 0 aromatic heterocycles. The lowest BCUT2D eigenvalue weighted by Crippen LogP contribution is -2.02. The largest absolute Gasteiger partial charge is 0.326 e. The Morgan fingerprint density at radius 3 is 2.58 bits per heavy atom. The second-order valence-electron chi connectivity index (χ2n) is 2.92. The van der Waals surface area contributed by atoms with Crippen LogP contribution in [0.1, 0.15) is 30.5 Å². The van der Waals surface area contributed by atoms with Crippen molar-refractivity contribution < 1.29 is 0 Å². The zero-order valence-electron chi connectivity index (χ0n) is 7.85. The first-order valence-electron chi connectivity index (χ1n) is 4.54. The molecule has 1 radical (unpaired) electrons. The van der Waals surface area contributed by atoms with Gasteiger partial charge in [-0.1, -0.05) is 26.0 Å². The molecule has 0 unspecified atom stereocenters. The first kappa shape index (κ1) is 9.27. The van der Waals surface area contributed by atoms with Gasteiger partial charge in [0.1, 0.15) is 0 Å². The summed E-state index contributed by atoms with van der Waals surface area (Å²) in [6.45, 7) is 4.92. The zero-order chi connectivity index (χ0) is 8.97. The molecule has 0 amide bonds. The summed E-state index contributed by atoms with van der Waals surface area (Å²) in [5.74, 6) is 0. The zero-order valence-corrected chi connectivity index (χ0v) is 7.85. The Bertz CT molecular complexity index is 253. The number of hydrogen-bond acceptors (Lipinski definition) is 1. The Balaban J connectivity index is 3.02. The molecule has 1 nitrogen and oxygen atoms in total. The predicted molar refractivity (Wildman–Crippen MR) is 51.9 cm³/mol. The van der Waals surface area contributed by atoms with Crippen molar-refractivity contribution in [2.45, 2.75) is 33.2 Å². The third-order valence-electron chi connectivity index (χ3n) is 2.16. The van der Waals surface area contributed by atoms with E-state index in [-0.39, 0.29) is 0 Å². The van der Waals surface area contributed by atoms with E-state index in [9.17, 15) is 0 Å². The van der Waals surface area contributed by atoms with E-state index >= 15 is 0 Å². The van der Waals surface area contributed by atoms with Gasteiger partial charge in [0.25, 0.3) is 0 Å². The molecule has 0 spiro atoms. The van der Waals surface area contributed by atoms with Crippen LogP contribution in [0.5, 0.6) is 0 Å². The van der Waals surface area contributed by atoms with Gasteiger partial charge in [0.15, 0.2) is 0 Å². The molecular formula is C11H16N. The first-order valence-corrected chi connectivity index (χ1v) is 4.54. The van der Waals surface area contributed by atoms with Crippen LogP contribution in [-0.2, 0) is 19.4 Å². The van der Waals surface area contributed by atoms with Gasteiger partial charge in [0.2, 0.25) is 0 Å². The summed E-state index contributed by atoms with van der Waals surface area (Å²) in [6.07, 6.45) is 2.09. The highest BCUT2D eigenvalue weighted by molar-refractivity contribution is 5.31. The van der Waals surface area contributed by atoms with Crippen molar-refractivity contribution in [2.24, 2.45) is 5.73 Å². The SMILES string of the molecule is CCc1c[c]c(CC)c(CN)c1. The van der Waals surface area contributed by atoms with Crippen molar-refractivity contribution in [1.29, 1.82) is 0 Å². The lowest BCUT2D eigenvalue weighted by atomic mass is 10.0. The fourth-order valence-corrected chi connectivity index (χ4v) is 1.34. The lowest BCUT2D eigenvalue weighted by molar-refractivity contribution is 0.985. The molecule has 1 aromatic carbocycles. The summed E-state index contributed by atoms with van der Waals surface area (Å²) in [4.78, 5) is 0. The maximum absolute atomic E-state index is 5.63. The van der Waals surface area contributed by atoms with E-state index in [2.05, 4.69) is 32.0 Å². The molecule has 2 N–H and O–H groups in total. The van der Waals surface area contributed by atoms with Crippen LogP contribution in [0.4, 0.5) is 0 Å². The molecule has 0 saturated heterocycles. The standard InChI is InChI=1S/C11H16N/c1-3-9-5-6-10(4-2)11(7-9)8-12/h5,7H,3-4,8,12H2,1-2H3. The molecule has 1 rings (SSSR count). The van der Waals surface area contributed by atoms with E-state index in [1.54, 1.807) is 0 Å². The maximum atomic E-state index is 5.63. The van der Waals surface area contributed by atoms with Crippen LogP contribution in [0.15, 0.2) is 12.1 Å². The minimum absolute atomic E-state index is 0.632. The number of hydrogen-bond donors (Lipinski definition) is 1. The van der Waals surface area contributed by atoms with Crippen LogP contribution in [0.3, 0.4) is 0 Å². The Labute approximate surface area is 74.6 Å². The predicted octanol–water partition coefficient (Wildman–Crippen LogP) is 2.07. The summed E-state index contributed by atoms with van der Waals surface area (Å²) in [6, 6.07) is 7.53. The van der Waals surface area contributed by atoms with E-state index in [4.69, 9.17) is 5.73 Å². The molecule has 0 aliphatic heterocycles. The molecule has 0 fully saturated rings. The van der Waals surface area contributed by atoms with E-state index < -0.39 is 0 Å². The monoisotopic (exact) mass is 162 g/mol. The lowest BCUT2D eigenvalue weighted by Gasteiger charge is -2.06. The fourth-order valence-electron chi connectivity index (χ4n) is 1.34. The van der Waals surface area contributed by atoms with Crippen LogP contribution in [0.2, 0.25) is 0 Å². The molecule has 12 heavy (non-hydrogen) atoms. The molecule has 0 aliphatic carbocycles. The minimum Gasteiger partial charge on any atom is -0.326 e. The van der Waals surface area contributed by atoms with Gasteiger partial charge in [-0.15, -0.1) is 0 Å². The highest BCUT2D eigenvalue weighted by Crippen LogP contribution is 2.11. The maximum Gasteiger partial charge on any atom is 0.0181 e. The smallest absolute Gasteiger partial charge is 0.0181 e. The number of nitrogens with two attached hydrogens (primary N) is 1. The molecule has 0 bridgehead atoms. The molecule has 1 heteroatoms. The second-order valence-corrected chi connectivity index (χ2v) is 2.92. The topological polar surface area (TPSA) is 26.0 Å². The van der Waals surface area contributed by atoms with Gasteiger partial charge in [-0.25, -0.2) is 0 Å². The molecule has 0 atom stereocenters. The number of benzene rings is 1. The molecule has 0 saturated carbocycles. The van der Waals surface area contributed by atoms with E-state index in [1.807, 2.05) is 0 Å². The van der Waals surface area contributed by atoms with Crippen molar-refractivity contribution in [3.8, 4) is 0 Å². The molecule has 65 valence electrons. The fraction of sp³-hybridized carbons (Fsp3) is 0.455. The number of aryl methyl sites for hydroxylation is 2. The van der Waals surface area contributed by atoms with Gasteiger partial charge < -0.3 is 5.73 Å². The first-order chi connectivity index (χ1) is 5.81. The Hall–Kier alpha value is -0.820. The Morgan fingerprint density at radius 1 is 1.33 bits per heavy atom. The van der Waals surface area contributed by atoms with Gasteiger partial charge in [0.05, 0.1) is 0 Å². The van der Waals surface area contributed by atoms with Crippen molar-refractivity contribution >= 4 is 0 Å². The normalized spacial score (nSPS) is 10.2. The van der Waals surface area contributed by atoms with Gasteiger partial charge in [-0.2, -0.15) is 0 Å². The second kappa shape index (κ2) is 4.27. The summed E-state index contributed by atoms with van der Waals surface area (Å²) >= 11 is 0. The summed E-state index contributed by atoms with van der Waals surface area (Å²) < 4.78 is 0. The van der Waals surface area contributed by atoms with Gasteiger partial charge in [-0.05, 0) is 35.6 Å². The van der Waals surface area contributed by atoms with Gasteiger partial charge >= 0.3 is 0 Å². The van der Waals surface area contributed by atoms with E-state index in [0.29, 0.717) is 6.54 Å². The Kier molecular flexibility index (Phi) is 3.30. The van der Waals surface area contributed by atoms with E-state index in [0.717, 1.165) is 12.8 Å². The number of rotatable bonds is 3. The van der Waals surface area contributed by atoms with Crippen LogP contribution in [0, 0.1) is 6.07 Å². The van der Waals surface area contributed by atoms with Gasteiger partial charge in [0, 0.05) is 6.54 Å². The Morgan fingerprint density at radius 2 is 2.08 bits per heavy atom. The summed E-state index contributed by atoms with van der Waals surface area (Å²) in [7, 11) is 0. The quantitative estimate of drug-likeness (QED) is 0.723. The molecule has 1 aromatic rings. The van der Waals surface area contributed by atoms with Crippen LogP contribution >= 0.6 is 0 Å². The van der Waals surface area contributed by atoms with Crippen LogP contribution in [0.25, 0.3) is 0 Å². The van der Waals surface area contributed by atoms with Crippen LogP contribution in [-0.4, -0.2) is 0 Å². The molecule has 0 heterocycles. The average molecular weight is 162 g/mol. The highest BCUT2D eigenvalue weighted by atomic mass is 14.5. The summed E-state index contributed by atoms with van der Waals surface area (Å²) in [5.41, 5.74) is 9.46. The highest BCUT2D eigenvalue weighted by Gasteiger charge is 1.99.